The molecular weight excluding hydrogens is 462 g/mol. The fourth-order valence-electron chi connectivity index (χ4n) is 8.22. The predicted molar refractivity (Wildman–Crippen MR) is 130 cm³/mol. The lowest BCUT2D eigenvalue weighted by molar-refractivity contribution is -0.303. The second-order valence-electron chi connectivity index (χ2n) is 12.9. The van der Waals surface area contributed by atoms with Gasteiger partial charge in [-0.25, -0.2) is 4.79 Å². The highest BCUT2D eigenvalue weighted by Crippen LogP contribution is 2.72. The maximum absolute atomic E-state index is 14.7. The molecule has 8 atom stereocenters. The standard InChI is InChI=1S/C28H39NO7/c1-15-13-27-16(2)11-19-20(25(19,3)4)18(21(27)30)12-17-14-34-26(5,6)36-23(17)28(27,32)22(15)35-24(31)29-7-9-33-10-8-29/h12-13,16,18-20,22-23,32H,7-11,14H2,1-6H3/t16-,18+,19-,20+,22+,23-,27+,28-/m1/s1. The summed E-state index contributed by atoms with van der Waals surface area (Å²) in [6.07, 6.45) is 2.41. The van der Waals surface area contributed by atoms with Gasteiger partial charge in [-0.1, -0.05) is 32.9 Å². The average Bonchev–Trinajstić information content (AvgIpc) is 3.32. The minimum atomic E-state index is -1.78. The number of amides is 1. The summed E-state index contributed by atoms with van der Waals surface area (Å²) in [5.41, 5.74) is -1.49. The van der Waals surface area contributed by atoms with Crippen molar-refractivity contribution in [2.24, 2.45) is 34.5 Å². The number of aliphatic hydroxyl groups is 1. The molecule has 1 spiro atoms. The van der Waals surface area contributed by atoms with Crippen LogP contribution in [0.5, 0.6) is 0 Å². The van der Waals surface area contributed by atoms with Crippen molar-refractivity contribution in [2.45, 2.75) is 71.6 Å². The lowest BCUT2D eigenvalue weighted by atomic mass is 9.59. The predicted octanol–water partition coefficient (Wildman–Crippen LogP) is 3.09. The van der Waals surface area contributed by atoms with Gasteiger partial charge in [-0.05, 0) is 61.5 Å². The highest BCUT2D eigenvalue weighted by molar-refractivity contribution is 5.95. The van der Waals surface area contributed by atoms with Crippen LogP contribution >= 0.6 is 0 Å². The van der Waals surface area contributed by atoms with Crippen LogP contribution in [0.1, 0.15) is 48.0 Å². The summed E-state index contributed by atoms with van der Waals surface area (Å²) in [5.74, 6) is -0.838. The van der Waals surface area contributed by atoms with Crippen LogP contribution in [0.15, 0.2) is 23.3 Å². The molecule has 36 heavy (non-hydrogen) atoms. The van der Waals surface area contributed by atoms with Crippen LogP contribution in [-0.2, 0) is 23.7 Å². The molecule has 6 rings (SSSR count). The minimum Gasteiger partial charge on any atom is -0.438 e. The number of morpholine rings is 1. The molecule has 6 aliphatic rings. The molecule has 2 saturated heterocycles. The molecule has 2 heterocycles. The van der Waals surface area contributed by atoms with E-state index in [1.165, 1.54) is 0 Å². The van der Waals surface area contributed by atoms with Gasteiger partial charge in [-0.3, -0.25) is 4.79 Å². The Balaban J connectivity index is 1.49. The Morgan fingerprint density at radius 1 is 1.19 bits per heavy atom. The maximum atomic E-state index is 14.7. The summed E-state index contributed by atoms with van der Waals surface area (Å²) in [6, 6.07) is 0. The summed E-state index contributed by atoms with van der Waals surface area (Å²) in [4.78, 5) is 29.5. The molecule has 0 aromatic rings. The van der Waals surface area contributed by atoms with Crippen LogP contribution in [0.25, 0.3) is 0 Å². The Morgan fingerprint density at radius 2 is 1.89 bits per heavy atom. The zero-order valence-corrected chi connectivity index (χ0v) is 22.2. The van der Waals surface area contributed by atoms with Gasteiger partial charge in [0.25, 0.3) is 0 Å². The van der Waals surface area contributed by atoms with Crippen LogP contribution in [-0.4, -0.2) is 78.4 Å². The number of allylic oxidation sites excluding steroid dienone is 1. The normalized spacial score (nSPS) is 46.3. The first-order valence-electron chi connectivity index (χ1n) is 13.4. The molecule has 0 aromatic heterocycles. The van der Waals surface area contributed by atoms with Gasteiger partial charge in [0.2, 0.25) is 0 Å². The van der Waals surface area contributed by atoms with E-state index in [-0.39, 0.29) is 35.6 Å². The van der Waals surface area contributed by atoms with Crippen molar-refractivity contribution < 1.29 is 33.6 Å². The summed E-state index contributed by atoms with van der Waals surface area (Å²) < 4.78 is 24.0. The number of carbonyl (C=O) groups excluding carboxylic acids is 2. The SMILES string of the molecule is CC1=C[C@]23C(=O)[C@@H](C=C4COC(C)(C)O[C@H]4[C@]2(O)[C@H]1OC(=O)N1CCOCC1)[C@H]1[C@@H](C[C@H]3C)C1(C)C. The van der Waals surface area contributed by atoms with Crippen molar-refractivity contribution in [1.29, 1.82) is 0 Å². The van der Waals surface area contributed by atoms with Gasteiger partial charge in [-0.2, -0.15) is 0 Å². The minimum absolute atomic E-state index is 0.0168. The molecule has 4 fully saturated rings. The molecule has 4 aliphatic carbocycles. The van der Waals surface area contributed by atoms with Gasteiger partial charge in [-0.15, -0.1) is 0 Å². The van der Waals surface area contributed by atoms with Gasteiger partial charge in [0, 0.05) is 19.0 Å². The van der Waals surface area contributed by atoms with Crippen LogP contribution < -0.4 is 0 Å². The smallest absolute Gasteiger partial charge is 0.410 e. The van der Waals surface area contributed by atoms with E-state index in [1.54, 1.807) is 4.90 Å². The number of hydrogen-bond donors (Lipinski definition) is 1. The molecule has 8 nitrogen and oxygen atoms in total. The topological polar surface area (TPSA) is 94.5 Å². The summed E-state index contributed by atoms with van der Waals surface area (Å²) in [6.45, 7) is 14.1. The number of carbonyl (C=O) groups is 2. The van der Waals surface area contributed by atoms with Crippen molar-refractivity contribution in [3.8, 4) is 0 Å². The van der Waals surface area contributed by atoms with Gasteiger partial charge < -0.3 is 29.0 Å². The third-order valence-electron chi connectivity index (χ3n) is 10.2. The zero-order chi connectivity index (χ0) is 25.8. The van der Waals surface area contributed by atoms with Crippen LogP contribution in [0, 0.1) is 34.5 Å². The van der Waals surface area contributed by atoms with Crippen LogP contribution in [0.3, 0.4) is 0 Å². The van der Waals surface area contributed by atoms with E-state index < -0.39 is 35.1 Å². The molecule has 1 N–H and O–H groups in total. The molecule has 2 saturated carbocycles. The van der Waals surface area contributed by atoms with Crippen LogP contribution in [0.2, 0.25) is 0 Å². The van der Waals surface area contributed by atoms with Crippen LogP contribution in [0.4, 0.5) is 4.79 Å². The van der Waals surface area contributed by atoms with Gasteiger partial charge in [0.1, 0.15) is 6.10 Å². The Labute approximate surface area is 213 Å². The monoisotopic (exact) mass is 501 g/mol. The van der Waals surface area contributed by atoms with E-state index in [0.717, 1.165) is 12.0 Å². The van der Waals surface area contributed by atoms with Crippen molar-refractivity contribution in [3.63, 3.8) is 0 Å². The second kappa shape index (κ2) is 7.65. The first-order chi connectivity index (χ1) is 16.8. The largest absolute Gasteiger partial charge is 0.438 e. The molecule has 2 aliphatic heterocycles. The van der Waals surface area contributed by atoms with E-state index in [2.05, 4.69) is 20.8 Å². The fraction of sp³-hybridized carbons (Fsp3) is 0.786. The molecule has 0 unspecified atom stereocenters. The summed E-state index contributed by atoms with van der Waals surface area (Å²) in [7, 11) is 0. The first-order valence-corrected chi connectivity index (χ1v) is 13.4. The number of Topliss-reactive ketones (excluding diaryl/α,β-unsaturated/α-hetero) is 1. The lowest BCUT2D eigenvalue weighted by Gasteiger charge is -2.52. The molecule has 8 heteroatoms. The first kappa shape index (κ1) is 24.6. The maximum Gasteiger partial charge on any atom is 0.410 e. The molecule has 1 amide bonds. The second-order valence-corrected chi connectivity index (χ2v) is 12.9. The number of ether oxygens (including phenoxy) is 4. The van der Waals surface area contributed by atoms with Gasteiger partial charge in [0.05, 0.1) is 25.2 Å². The van der Waals surface area contributed by atoms with Gasteiger partial charge >= 0.3 is 6.09 Å². The van der Waals surface area contributed by atoms with E-state index >= 15 is 0 Å². The highest BCUT2D eigenvalue weighted by atomic mass is 16.7. The zero-order valence-electron chi connectivity index (χ0n) is 22.2. The average molecular weight is 502 g/mol. The summed E-state index contributed by atoms with van der Waals surface area (Å²) in [5, 5.41) is 13.0. The van der Waals surface area contributed by atoms with Crippen molar-refractivity contribution in [3.05, 3.63) is 23.3 Å². The lowest BCUT2D eigenvalue weighted by Crippen LogP contribution is -2.68. The fourth-order valence-corrected chi connectivity index (χ4v) is 8.22. The number of hydrogen-bond acceptors (Lipinski definition) is 7. The van der Waals surface area contributed by atoms with Crippen molar-refractivity contribution in [2.75, 3.05) is 32.9 Å². The van der Waals surface area contributed by atoms with E-state index in [0.29, 0.717) is 37.8 Å². The molecule has 2 bridgehead atoms. The number of fused-ring (bicyclic) bond motifs is 5. The van der Waals surface area contributed by atoms with E-state index in [1.807, 2.05) is 32.9 Å². The third kappa shape index (κ3) is 3.07. The van der Waals surface area contributed by atoms with E-state index in [9.17, 15) is 14.7 Å². The third-order valence-corrected chi connectivity index (χ3v) is 10.2. The Kier molecular flexibility index (Phi) is 5.23. The molecule has 198 valence electrons. The van der Waals surface area contributed by atoms with Crippen molar-refractivity contribution >= 4 is 11.9 Å². The number of nitrogens with zero attached hydrogens (tertiary/aromatic N) is 1. The molecule has 0 aromatic carbocycles. The van der Waals surface area contributed by atoms with Gasteiger partial charge in [0.15, 0.2) is 23.3 Å². The van der Waals surface area contributed by atoms with Crippen molar-refractivity contribution in [1.82, 2.24) is 4.90 Å². The Morgan fingerprint density at radius 3 is 2.58 bits per heavy atom. The Bertz CT molecular complexity index is 1060. The molecule has 0 radical (unpaired) electrons. The van der Waals surface area contributed by atoms with E-state index in [4.69, 9.17) is 18.9 Å². The number of ketones is 1. The Hall–Kier alpha value is -1.74. The molecular formula is C28H39NO7. The highest BCUT2D eigenvalue weighted by Gasteiger charge is 2.77. The summed E-state index contributed by atoms with van der Waals surface area (Å²) >= 11 is 0. The number of rotatable bonds is 1. The quantitative estimate of drug-likeness (QED) is 0.552.